The summed E-state index contributed by atoms with van der Waals surface area (Å²) in [4.78, 5) is 12.1. The van der Waals surface area contributed by atoms with E-state index in [0.29, 0.717) is 0 Å². The molecule has 3 aromatic heterocycles. The van der Waals surface area contributed by atoms with Crippen molar-refractivity contribution in [1.29, 1.82) is 0 Å². The molecule has 0 N–H and O–H groups in total. The number of fused-ring (bicyclic) bond motifs is 1. The Labute approximate surface area is 178 Å². The van der Waals surface area contributed by atoms with E-state index in [0.717, 1.165) is 11.4 Å². The number of hydrogen-bond donors (Lipinski definition) is 0. The first kappa shape index (κ1) is 18.0. The van der Waals surface area contributed by atoms with Crippen LogP contribution in [0.1, 0.15) is 41.2 Å². The van der Waals surface area contributed by atoms with Gasteiger partial charge in [0.25, 0.3) is 0 Å². The highest BCUT2D eigenvalue weighted by Gasteiger charge is 2.30. The van der Waals surface area contributed by atoms with Crippen LogP contribution in [0.15, 0.2) is 42.5 Å². The lowest BCUT2D eigenvalue weighted by Gasteiger charge is -2.08. The molecule has 140 valence electrons. The van der Waals surface area contributed by atoms with Gasteiger partial charge in [0, 0.05) is 41.9 Å². The topological polar surface area (TPSA) is 12.9 Å². The van der Waals surface area contributed by atoms with Gasteiger partial charge in [-0.1, -0.05) is 30.3 Å². The largest absolute Gasteiger partial charge is 0.236 e. The molecule has 4 heteroatoms. The second-order valence-corrected chi connectivity index (χ2v) is 11.3. The highest BCUT2D eigenvalue weighted by molar-refractivity contribution is 7.15. The molecule has 1 aromatic carbocycles. The molecule has 0 atom stereocenters. The van der Waals surface area contributed by atoms with Crippen LogP contribution in [-0.4, -0.2) is 4.98 Å². The summed E-state index contributed by atoms with van der Waals surface area (Å²) in [5.41, 5.74) is 8.00. The lowest BCUT2D eigenvalue weighted by molar-refractivity contribution is 1.31. The Bertz CT molecular complexity index is 1220. The van der Waals surface area contributed by atoms with Crippen LogP contribution in [0.3, 0.4) is 0 Å². The van der Waals surface area contributed by atoms with Gasteiger partial charge in [-0.05, 0) is 56.5 Å². The van der Waals surface area contributed by atoms with E-state index in [1.165, 1.54) is 57.9 Å². The Hall–Kier alpha value is -2.01. The zero-order valence-corrected chi connectivity index (χ0v) is 18.9. The molecule has 0 bridgehead atoms. The Balaban J connectivity index is 1.73. The van der Waals surface area contributed by atoms with Crippen molar-refractivity contribution in [1.82, 2.24) is 4.98 Å². The van der Waals surface area contributed by atoms with Gasteiger partial charge in [-0.15, -0.1) is 34.0 Å². The summed E-state index contributed by atoms with van der Waals surface area (Å²) in [6, 6.07) is 15.3. The second-order valence-electron chi connectivity index (χ2n) is 7.34. The molecule has 0 radical (unpaired) electrons. The maximum atomic E-state index is 5.15. The number of benzene rings is 1. The predicted octanol–water partition coefficient (Wildman–Crippen LogP) is 7.68. The first-order valence-electron chi connectivity index (χ1n) is 9.44. The first-order chi connectivity index (χ1) is 13.5. The summed E-state index contributed by atoms with van der Waals surface area (Å²) in [5, 5.41) is 1.13. The molecule has 0 unspecified atom stereocenters. The predicted molar refractivity (Wildman–Crippen MR) is 125 cm³/mol. The number of allylic oxidation sites excluding steroid dienone is 1. The Kier molecular flexibility index (Phi) is 4.38. The number of thiophene rings is 2. The third kappa shape index (κ3) is 2.91. The van der Waals surface area contributed by atoms with Crippen LogP contribution in [-0.2, 0) is 6.42 Å². The fraction of sp³-hybridized carbons (Fsp3) is 0.208. The van der Waals surface area contributed by atoms with Gasteiger partial charge in [0.15, 0.2) is 0 Å². The average molecular weight is 420 g/mol. The van der Waals surface area contributed by atoms with Gasteiger partial charge in [-0.2, -0.15) is 0 Å². The van der Waals surface area contributed by atoms with Gasteiger partial charge in [0.05, 0.1) is 5.69 Å². The zero-order chi connectivity index (χ0) is 19.4. The van der Waals surface area contributed by atoms with Crippen molar-refractivity contribution in [2.24, 2.45) is 0 Å². The summed E-state index contributed by atoms with van der Waals surface area (Å²) >= 11 is 5.63. The Morgan fingerprint density at radius 1 is 0.786 bits per heavy atom. The van der Waals surface area contributed by atoms with Gasteiger partial charge in [-0.3, -0.25) is 0 Å². The third-order valence-corrected chi connectivity index (χ3v) is 8.31. The Morgan fingerprint density at radius 2 is 1.43 bits per heavy atom. The van der Waals surface area contributed by atoms with E-state index in [-0.39, 0.29) is 0 Å². The van der Waals surface area contributed by atoms with Crippen molar-refractivity contribution >= 4 is 45.2 Å². The molecule has 1 aliphatic carbocycles. The van der Waals surface area contributed by atoms with Gasteiger partial charge in [-0.25, -0.2) is 4.98 Å². The van der Waals surface area contributed by atoms with Crippen LogP contribution in [0.25, 0.3) is 21.7 Å². The minimum absolute atomic E-state index is 0.987. The minimum Gasteiger partial charge on any atom is -0.236 e. The molecule has 1 aliphatic rings. The lowest BCUT2D eigenvalue weighted by Crippen LogP contribution is -1.91. The molecule has 1 nitrogen and oxygen atoms in total. The molecule has 3 heterocycles. The highest BCUT2D eigenvalue weighted by atomic mass is 32.1. The molecule has 0 fully saturated rings. The van der Waals surface area contributed by atoms with E-state index in [4.69, 9.17) is 4.98 Å². The van der Waals surface area contributed by atoms with Crippen LogP contribution in [0.4, 0.5) is 0 Å². The van der Waals surface area contributed by atoms with Gasteiger partial charge >= 0.3 is 0 Å². The monoisotopic (exact) mass is 419 g/mol. The lowest BCUT2D eigenvalue weighted by atomic mass is 9.96. The van der Waals surface area contributed by atoms with Gasteiger partial charge < -0.3 is 0 Å². The van der Waals surface area contributed by atoms with Gasteiger partial charge in [0.1, 0.15) is 5.01 Å². The highest BCUT2D eigenvalue weighted by Crippen LogP contribution is 2.48. The maximum Gasteiger partial charge on any atom is 0.124 e. The smallest absolute Gasteiger partial charge is 0.124 e. The molecule has 0 amide bonds. The fourth-order valence-electron chi connectivity index (χ4n) is 4.09. The van der Waals surface area contributed by atoms with Crippen molar-refractivity contribution in [2.45, 2.75) is 34.1 Å². The number of thiazole rings is 1. The van der Waals surface area contributed by atoms with Crippen LogP contribution in [0.5, 0.6) is 0 Å². The molecule has 5 rings (SSSR count). The number of rotatable bonds is 3. The summed E-state index contributed by atoms with van der Waals surface area (Å²) in [6.45, 7) is 8.90. The van der Waals surface area contributed by atoms with Crippen LogP contribution in [0, 0.1) is 27.7 Å². The quantitative estimate of drug-likeness (QED) is 0.332. The molecule has 0 spiro atoms. The molecule has 0 aliphatic heterocycles. The van der Waals surface area contributed by atoms with Gasteiger partial charge in [0.2, 0.25) is 0 Å². The minimum atomic E-state index is 0.987. The molecular weight excluding hydrogens is 398 g/mol. The molecule has 4 aromatic rings. The van der Waals surface area contributed by atoms with Crippen molar-refractivity contribution in [3.63, 3.8) is 0 Å². The summed E-state index contributed by atoms with van der Waals surface area (Å²) in [6.07, 6.45) is 0.987. The molecule has 0 saturated carbocycles. The summed E-state index contributed by atoms with van der Waals surface area (Å²) in [5.74, 6) is 0. The van der Waals surface area contributed by atoms with Crippen molar-refractivity contribution in [3.05, 3.63) is 83.7 Å². The average Bonchev–Trinajstić information content (AvgIpc) is 3.38. The van der Waals surface area contributed by atoms with E-state index in [1.54, 1.807) is 0 Å². The number of hydrogen-bond acceptors (Lipinski definition) is 4. The number of aromatic nitrogens is 1. The molecular formula is C24H21NS3. The van der Waals surface area contributed by atoms with E-state index < -0.39 is 0 Å². The SMILES string of the molecule is Cc1cc(C2=C(c3cc(C)sc3C)c3nc(-c4ccccc4)sc3C2)c(C)s1. The van der Waals surface area contributed by atoms with Crippen LogP contribution < -0.4 is 0 Å². The first-order valence-corrected chi connectivity index (χ1v) is 11.9. The summed E-state index contributed by atoms with van der Waals surface area (Å²) in [7, 11) is 0. The normalized spacial score (nSPS) is 13.4. The second kappa shape index (κ2) is 6.80. The molecule has 0 saturated heterocycles. The van der Waals surface area contributed by atoms with Crippen molar-refractivity contribution in [3.8, 4) is 10.6 Å². The van der Waals surface area contributed by atoms with E-state index in [1.807, 2.05) is 34.0 Å². The zero-order valence-electron chi connectivity index (χ0n) is 16.4. The maximum absolute atomic E-state index is 5.15. The van der Waals surface area contributed by atoms with Crippen molar-refractivity contribution in [2.75, 3.05) is 0 Å². The number of nitrogens with zero attached hydrogens (tertiary/aromatic N) is 1. The number of aryl methyl sites for hydroxylation is 4. The summed E-state index contributed by atoms with van der Waals surface area (Å²) < 4.78 is 0. The van der Waals surface area contributed by atoms with Crippen LogP contribution in [0.2, 0.25) is 0 Å². The van der Waals surface area contributed by atoms with Crippen molar-refractivity contribution < 1.29 is 0 Å². The van der Waals surface area contributed by atoms with E-state index in [9.17, 15) is 0 Å². The van der Waals surface area contributed by atoms with E-state index >= 15 is 0 Å². The standard InChI is InChI=1S/C24H21NS3/c1-13-10-18(15(3)26-13)20-12-21-23(22(20)19-11-14(2)27-16(19)4)25-24(28-21)17-8-6-5-7-9-17/h5-11H,12H2,1-4H3. The fourth-order valence-corrected chi connectivity index (χ4v) is 7.06. The Morgan fingerprint density at radius 3 is 2.04 bits per heavy atom. The van der Waals surface area contributed by atoms with E-state index in [2.05, 4.69) is 70.2 Å². The third-order valence-electron chi connectivity index (χ3n) is 5.27. The van der Waals surface area contributed by atoms with Crippen LogP contribution >= 0.6 is 34.0 Å². The molecule has 28 heavy (non-hydrogen) atoms.